The lowest BCUT2D eigenvalue weighted by molar-refractivity contribution is 0.388. The van der Waals surface area contributed by atoms with Gasteiger partial charge in [0.25, 0.3) is 0 Å². The minimum atomic E-state index is -3.93. The molecule has 0 amide bonds. The van der Waals surface area contributed by atoms with Crippen molar-refractivity contribution in [3.05, 3.63) is 10.7 Å². The van der Waals surface area contributed by atoms with Crippen LogP contribution in [-0.2, 0) is 18.9 Å². The molecular formula is C7H8BrClN2O5S2. The summed E-state index contributed by atoms with van der Waals surface area (Å²) < 4.78 is 50.1. The van der Waals surface area contributed by atoms with Gasteiger partial charge in [0, 0.05) is 16.9 Å². The van der Waals surface area contributed by atoms with E-state index in [-0.39, 0.29) is 5.88 Å². The van der Waals surface area contributed by atoms with Crippen LogP contribution in [0.15, 0.2) is 15.8 Å². The van der Waals surface area contributed by atoms with Crippen molar-refractivity contribution in [2.45, 2.75) is 5.16 Å². The van der Waals surface area contributed by atoms with E-state index >= 15 is 0 Å². The van der Waals surface area contributed by atoms with E-state index in [1.165, 1.54) is 13.3 Å². The standard InChI is InChI=1S/C7H8BrClN2O5S2/c1-16-6-5(8)4-10-7(11-6)17(12,13)2-3-18(9,14)15/h4H,2-3H2,1H3. The Balaban J connectivity index is 3.06. The molecule has 0 spiro atoms. The summed E-state index contributed by atoms with van der Waals surface area (Å²) in [5.74, 6) is -1.36. The van der Waals surface area contributed by atoms with Crippen molar-refractivity contribution in [2.75, 3.05) is 18.6 Å². The van der Waals surface area contributed by atoms with Crippen LogP contribution in [-0.4, -0.2) is 45.4 Å². The molecule has 11 heteroatoms. The van der Waals surface area contributed by atoms with E-state index in [9.17, 15) is 16.8 Å². The van der Waals surface area contributed by atoms with Gasteiger partial charge in [-0.1, -0.05) is 0 Å². The molecule has 0 N–H and O–H groups in total. The van der Waals surface area contributed by atoms with Crippen LogP contribution >= 0.6 is 26.6 Å². The second kappa shape index (κ2) is 5.68. The summed E-state index contributed by atoms with van der Waals surface area (Å²) >= 11 is 3.07. The Morgan fingerprint density at radius 3 is 2.44 bits per heavy atom. The second-order valence-electron chi connectivity index (χ2n) is 3.07. The summed E-state index contributed by atoms with van der Waals surface area (Å²) in [6.45, 7) is 0. The highest BCUT2D eigenvalue weighted by Gasteiger charge is 2.22. The number of rotatable bonds is 5. The average molecular weight is 380 g/mol. The van der Waals surface area contributed by atoms with Crippen LogP contribution in [0.3, 0.4) is 0 Å². The van der Waals surface area contributed by atoms with Gasteiger partial charge < -0.3 is 4.74 Å². The Morgan fingerprint density at radius 2 is 1.94 bits per heavy atom. The van der Waals surface area contributed by atoms with Gasteiger partial charge in [-0.25, -0.2) is 21.8 Å². The van der Waals surface area contributed by atoms with Gasteiger partial charge in [-0.3, -0.25) is 0 Å². The van der Waals surface area contributed by atoms with Crippen molar-refractivity contribution in [1.29, 1.82) is 0 Å². The Hall–Kier alpha value is -0.450. The summed E-state index contributed by atoms with van der Waals surface area (Å²) in [5.41, 5.74) is 0. The number of hydrogen-bond acceptors (Lipinski definition) is 7. The first-order valence-corrected chi connectivity index (χ1v) is 9.30. The first kappa shape index (κ1) is 15.6. The van der Waals surface area contributed by atoms with Crippen LogP contribution < -0.4 is 4.74 Å². The third-order valence-corrected chi connectivity index (χ3v) is 5.21. The Morgan fingerprint density at radius 1 is 1.33 bits per heavy atom. The van der Waals surface area contributed by atoms with Gasteiger partial charge in [0.1, 0.15) is 0 Å². The molecular weight excluding hydrogens is 372 g/mol. The van der Waals surface area contributed by atoms with Gasteiger partial charge in [-0.05, 0) is 15.9 Å². The molecule has 102 valence electrons. The highest BCUT2D eigenvalue weighted by molar-refractivity contribution is 9.10. The molecule has 1 heterocycles. The third-order valence-electron chi connectivity index (χ3n) is 1.76. The number of halogens is 2. The summed E-state index contributed by atoms with van der Waals surface area (Å²) in [6, 6.07) is 0. The fraction of sp³-hybridized carbons (Fsp3) is 0.429. The molecule has 0 aliphatic rings. The van der Waals surface area contributed by atoms with Crippen LogP contribution in [0.25, 0.3) is 0 Å². The van der Waals surface area contributed by atoms with Crippen LogP contribution in [0.1, 0.15) is 0 Å². The van der Waals surface area contributed by atoms with E-state index in [1.54, 1.807) is 0 Å². The molecule has 0 atom stereocenters. The molecule has 0 aliphatic carbocycles. The molecule has 0 radical (unpaired) electrons. The maximum Gasteiger partial charge on any atom is 0.250 e. The van der Waals surface area contributed by atoms with Crippen molar-refractivity contribution in [3.63, 3.8) is 0 Å². The van der Waals surface area contributed by atoms with Crippen molar-refractivity contribution in [3.8, 4) is 5.88 Å². The van der Waals surface area contributed by atoms with Crippen LogP contribution in [0, 0.1) is 0 Å². The van der Waals surface area contributed by atoms with Gasteiger partial charge in [-0.2, -0.15) is 4.98 Å². The smallest absolute Gasteiger partial charge is 0.250 e. The van der Waals surface area contributed by atoms with Crippen LogP contribution in [0.2, 0.25) is 0 Å². The monoisotopic (exact) mass is 378 g/mol. The fourth-order valence-corrected chi connectivity index (χ4v) is 4.14. The summed E-state index contributed by atoms with van der Waals surface area (Å²) in [6.07, 6.45) is 1.20. The zero-order valence-electron chi connectivity index (χ0n) is 9.00. The molecule has 0 aromatic carbocycles. The van der Waals surface area contributed by atoms with E-state index in [2.05, 4.69) is 25.9 Å². The predicted octanol–water partition coefficient (Wildman–Crippen LogP) is 0.590. The number of nitrogens with zero attached hydrogens (tertiary/aromatic N) is 2. The molecule has 0 unspecified atom stereocenters. The number of ether oxygens (including phenoxy) is 1. The number of methoxy groups -OCH3 is 1. The Labute approximate surface area is 117 Å². The van der Waals surface area contributed by atoms with E-state index in [0.29, 0.717) is 4.47 Å². The molecule has 18 heavy (non-hydrogen) atoms. The van der Waals surface area contributed by atoms with Gasteiger partial charge in [0.2, 0.25) is 29.9 Å². The van der Waals surface area contributed by atoms with Gasteiger partial charge in [0.05, 0.1) is 23.1 Å². The molecule has 1 rings (SSSR count). The molecule has 0 bridgehead atoms. The summed E-state index contributed by atoms with van der Waals surface area (Å²) in [7, 11) is -1.56. The lowest BCUT2D eigenvalue weighted by Gasteiger charge is -2.05. The average Bonchev–Trinajstić information content (AvgIpc) is 2.26. The Kier molecular flexibility index (Phi) is 4.92. The maximum atomic E-state index is 11.7. The normalized spacial score (nSPS) is 12.4. The summed E-state index contributed by atoms with van der Waals surface area (Å²) in [4.78, 5) is 7.25. The van der Waals surface area contributed by atoms with Gasteiger partial charge in [-0.15, -0.1) is 0 Å². The van der Waals surface area contributed by atoms with Crippen LogP contribution in [0.5, 0.6) is 5.88 Å². The molecule has 7 nitrogen and oxygen atoms in total. The number of aromatic nitrogens is 2. The SMILES string of the molecule is COc1nc(S(=O)(=O)CCS(=O)(=O)Cl)ncc1Br. The van der Waals surface area contributed by atoms with E-state index in [0.717, 1.165) is 0 Å². The third kappa shape index (κ3) is 4.34. The lowest BCUT2D eigenvalue weighted by atomic mass is 10.6. The molecule has 0 saturated heterocycles. The van der Waals surface area contributed by atoms with Crippen molar-refractivity contribution in [1.82, 2.24) is 9.97 Å². The van der Waals surface area contributed by atoms with Gasteiger partial charge in [0.15, 0.2) is 0 Å². The summed E-state index contributed by atoms with van der Waals surface area (Å²) in [5, 5.41) is -0.511. The van der Waals surface area contributed by atoms with Crippen molar-refractivity contribution < 1.29 is 21.6 Å². The topological polar surface area (TPSA) is 103 Å². The highest BCUT2D eigenvalue weighted by Crippen LogP contribution is 2.22. The first-order valence-electron chi connectivity index (χ1n) is 4.37. The molecule has 1 aromatic heterocycles. The zero-order valence-corrected chi connectivity index (χ0v) is 13.0. The van der Waals surface area contributed by atoms with E-state index < -0.39 is 35.6 Å². The largest absolute Gasteiger partial charge is 0.480 e. The van der Waals surface area contributed by atoms with Crippen molar-refractivity contribution in [2.24, 2.45) is 0 Å². The van der Waals surface area contributed by atoms with Crippen molar-refractivity contribution >= 4 is 45.5 Å². The molecule has 0 saturated carbocycles. The predicted molar refractivity (Wildman–Crippen MR) is 68.0 cm³/mol. The minimum absolute atomic E-state index is 0.0392. The fourth-order valence-electron chi connectivity index (χ4n) is 0.930. The minimum Gasteiger partial charge on any atom is -0.480 e. The maximum absolute atomic E-state index is 11.7. The lowest BCUT2D eigenvalue weighted by Crippen LogP contribution is -2.17. The van der Waals surface area contributed by atoms with Gasteiger partial charge >= 0.3 is 0 Å². The second-order valence-corrected chi connectivity index (χ2v) is 8.83. The first-order chi connectivity index (χ1) is 8.15. The van der Waals surface area contributed by atoms with E-state index in [4.69, 9.17) is 15.4 Å². The highest BCUT2D eigenvalue weighted by atomic mass is 79.9. The van der Waals surface area contributed by atoms with Crippen LogP contribution in [0.4, 0.5) is 0 Å². The number of sulfone groups is 1. The number of hydrogen-bond donors (Lipinski definition) is 0. The Bertz CT molecular complexity index is 646. The van der Waals surface area contributed by atoms with E-state index in [1.807, 2.05) is 0 Å². The quantitative estimate of drug-likeness (QED) is 0.545. The molecule has 1 aromatic rings. The molecule has 0 fully saturated rings. The molecule has 0 aliphatic heterocycles. The zero-order chi connectivity index (χ0) is 14.0.